The Kier molecular flexibility index (Phi) is 4.57. The molecule has 1 amide bonds. The molecule has 4 heteroatoms. The molecule has 2 atom stereocenters. The number of benzene rings is 1. The van der Waals surface area contributed by atoms with Crippen LogP contribution in [0.3, 0.4) is 0 Å². The van der Waals surface area contributed by atoms with E-state index in [9.17, 15) is 4.79 Å². The highest BCUT2D eigenvalue weighted by Gasteiger charge is 2.43. The van der Waals surface area contributed by atoms with E-state index in [1.807, 2.05) is 18.2 Å². The normalized spacial score (nSPS) is 19.9. The van der Waals surface area contributed by atoms with Crippen LogP contribution in [-0.4, -0.2) is 17.4 Å². The van der Waals surface area contributed by atoms with Crippen LogP contribution in [0.1, 0.15) is 40.4 Å². The third-order valence-corrected chi connectivity index (χ3v) is 5.34. The maximum atomic E-state index is 12.2. The summed E-state index contributed by atoms with van der Waals surface area (Å²) in [6, 6.07) is 10.3. The second kappa shape index (κ2) is 6.61. The van der Waals surface area contributed by atoms with Crippen LogP contribution in [-0.2, 0) is 17.6 Å². The van der Waals surface area contributed by atoms with Crippen molar-refractivity contribution in [2.75, 3.05) is 6.54 Å². The van der Waals surface area contributed by atoms with E-state index in [-0.39, 0.29) is 11.8 Å². The lowest BCUT2D eigenvalue weighted by Gasteiger charge is -2.03. The number of nitrogens with one attached hydrogen (secondary N) is 1. The molecule has 1 N–H and O–H groups in total. The number of aryl methyl sites for hydroxylation is 2. The fourth-order valence-electron chi connectivity index (χ4n) is 2.90. The Hall–Kier alpha value is -1.68. The lowest BCUT2D eigenvalue weighted by atomic mass is 10.1. The molecule has 2 aromatic rings. The maximum Gasteiger partial charge on any atom is 0.223 e. The molecule has 0 spiro atoms. The van der Waals surface area contributed by atoms with Gasteiger partial charge in [-0.3, -0.25) is 4.79 Å². The highest BCUT2D eigenvalue weighted by Crippen LogP contribution is 2.47. The van der Waals surface area contributed by atoms with Gasteiger partial charge < -0.3 is 5.32 Å². The van der Waals surface area contributed by atoms with Gasteiger partial charge in [-0.05, 0) is 31.2 Å². The van der Waals surface area contributed by atoms with Gasteiger partial charge in [-0.1, -0.05) is 37.3 Å². The first-order chi connectivity index (χ1) is 10.7. The second-order valence-corrected chi connectivity index (χ2v) is 7.15. The summed E-state index contributed by atoms with van der Waals surface area (Å²) in [6.07, 6.45) is 2.79. The van der Waals surface area contributed by atoms with E-state index in [4.69, 9.17) is 0 Å². The molecule has 0 radical (unpaired) electrons. The number of hydrogen-bond donors (Lipinski definition) is 1. The molecular formula is C18H22N2OS. The standard InChI is InChI=1S/C18H22N2OS/c1-3-16-12(2)22-17(20-16)9-10-19-18(21)15-11-14(15)13-7-5-4-6-8-13/h4-8,14-15H,3,9-11H2,1-2H3,(H,19,21)/t14-,15+/m0/s1. The summed E-state index contributed by atoms with van der Waals surface area (Å²) >= 11 is 1.75. The van der Waals surface area contributed by atoms with Gasteiger partial charge in [0.15, 0.2) is 0 Å². The minimum absolute atomic E-state index is 0.159. The number of carbonyl (C=O) groups is 1. The molecule has 1 aliphatic rings. The number of thiazole rings is 1. The van der Waals surface area contributed by atoms with Gasteiger partial charge in [0.1, 0.15) is 0 Å². The highest BCUT2D eigenvalue weighted by atomic mass is 32.1. The number of hydrogen-bond acceptors (Lipinski definition) is 3. The summed E-state index contributed by atoms with van der Waals surface area (Å²) in [6.45, 7) is 4.94. The summed E-state index contributed by atoms with van der Waals surface area (Å²) < 4.78 is 0. The number of nitrogens with zero attached hydrogens (tertiary/aromatic N) is 1. The first-order valence-electron chi connectivity index (χ1n) is 7.97. The van der Waals surface area contributed by atoms with E-state index in [0.717, 1.165) is 24.3 Å². The van der Waals surface area contributed by atoms with E-state index in [1.165, 1.54) is 16.1 Å². The first-order valence-corrected chi connectivity index (χ1v) is 8.78. The molecule has 0 bridgehead atoms. The second-order valence-electron chi connectivity index (χ2n) is 5.86. The van der Waals surface area contributed by atoms with E-state index in [0.29, 0.717) is 12.5 Å². The molecule has 1 aromatic carbocycles. The van der Waals surface area contributed by atoms with Crippen LogP contribution in [0.2, 0.25) is 0 Å². The number of rotatable bonds is 6. The van der Waals surface area contributed by atoms with Crippen molar-refractivity contribution in [2.45, 2.75) is 39.0 Å². The Morgan fingerprint density at radius 3 is 2.82 bits per heavy atom. The Labute approximate surface area is 135 Å². The van der Waals surface area contributed by atoms with Gasteiger partial charge in [-0.15, -0.1) is 11.3 Å². The van der Waals surface area contributed by atoms with Crippen molar-refractivity contribution in [3.05, 3.63) is 51.5 Å². The molecule has 3 rings (SSSR count). The molecule has 1 aromatic heterocycles. The zero-order valence-corrected chi connectivity index (χ0v) is 14.0. The summed E-state index contributed by atoms with van der Waals surface area (Å²) in [7, 11) is 0. The lowest BCUT2D eigenvalue weighted by Crippen LogP contribution is -2.27. The minimum atomic E-state index is 0.159. The van der Waals surface area contributed by atoms with E-state index in [2.05, 4.69) is 36.3 Å². The molecular weight excluding hydrogens is 292 g/mol. The van der Waals surface area contributed by atoms with E-state index >= 15 is 0 Å². The molecule has 3 nitrogen and oxygen atoms in total. The van der Waals surface area contributed by atoms with Crippen molar-refractivity contribution in [3.8, 4) is 0 Å². The summed E-state index contributed by atoms with van der Waals surface area (Å²) in [5.74, 6) is 0.763. The summed E-state index contributed by atoms with van der Waals surface area (Å²) in [5, 5.41) is 4.20. The number of amides is 1. The lowest BCUT2D eigenvalue weighted by molar-refractivity contribution is -0.122. The average Bonchev–Trinajstić information content (AvgIpc) is 3.26. The third kappa shape index (κ3) is 3.38. The quantitative estimate of drug-likeness (QED) is 0.887. The number of carbonyl (C=O) groups excluding carboxylic acids is 1. The first kappa shape index (κ1) is 15.2. The van der Waals surface area contributed by atoms with Crippen LogP contribution < -0.4 is 5.32 Å². The average molecular weight is 314 g/mol. The fraction of sp³-hybridized carbons (Fsp3) is 0.444. The molecule has 116 valence electrons. The predicted molar refractivity (Wildman–Crippen MR) is 90.2 cm³/mol. The van der Waals surface area contributed by atoms with Crippen LogP contribution in [0.5, 0.6) is 0 Å². The predicted octanol–water partition coefficient (Wildman–Crippen LogP) is 3.48. The Morgan fingerprint density at radius 2 is 2.14 bits per heavy atom. The smallest absolute Gasteiger partial charge is 0.223 e. The van der Waals surface area contributed by atoms with Crippen LogP contribution in [0.25, 0.3) is 0 Å². The fourth-order valence-corrected chi connectivity index (χ4v) is 3.92. The minimum Gasteiger partial charge on any atom is -0.355 e. The van der Waals surface area contributed by atoms with Crippen molar-refractivity contribution in [1.82, 2.24) is 10.3 Å². The summed E-state index contributed by atoms with van der Waals surface area (Å²) in [5.41, 5.74) is 2.48. The molecule has 0 unspecified atom stereocenters. The van der Waals surface area contributed by atoms with Gasteiger partial charge >= 0.3 is 0 Å². The SMILES string of the molecule is CCc1nc(CCNC(=O)[C@@H]2C[C@H]2c2ccccc2)sc1C. The molecule has 1 aliphatic carbocycles. The highest BCUT2D eigenvalue weighted by molar-refractivity contribution is 7.11. The van der Waals surface area contributed by atoms with Gasteiger partial charge in [-0.2, -0.15) is 0 Å². The van der Waals surface area contributed by atoms with Crippen LogP contribution in [0, 0.1) is 12.8 Å². The van der Waals surface area contributed by atoms with Gasteiger partial charge in [0, 0.05) is 23.8 Å². The topological polar surface area (TPSA) is 42.0 Å². The van der Waals surface area contributed by atoms with E-state index < -0.39 is 0 Å². The van der Waals surface area contributed by atoms with E-state index in [1.54, 1.807) is 11.3 Å². The van der Waals surface area contributed by atoms with Crippen molar-refractivity contribution >= 4 is 17.2 Å². The molecule has 1 saturated carbocycles. The molecule has 0 aliphatic heterocycles. The Balaban J connectivity index is 1.45. The van der Waals surface area contributed by atoms with Gasteiger partial charge in [0.25, 0.3) is 0 Å². The third-order valence-electron chi connectivity index (χ3n) is 4.26. The van der Waals surface area contributed by atoms with Crippen molar-refractivity contribution < 1.29 is 4.79 Å². The van der Waals surface area contributed by atoms with Crippen molar-refractivity contribution in [3.63, 3.8) is 0 Å². The Morgan fingerprint density at radius 1 is 1.36 bits per heavy atom. The Bertz CT molecular complexity index is 650. The maximum absolute atomic E-state index is 12.2. The van der Waals surface area contributed by atoms with Crippen LogP contribution in [0.4, 0.5) is 0 Å². The molecule has 0 saturated heterocycles. The van der Waals surface area contributed by atoms with Crippen LogP contribution in [0.15, 0.2) is 30.3 Å². The largest absolute Gasteiger partial charge is 0.355 e. The van der Waals surface area contributed by atoms with Gasteiger partial charge in [0.05, 0.1) is 10.7 Å². The van der Waals surface area contributed by atoms with Gasteiger partial charge in [-0.25, -0.2) is 4.98 Å². The number of aromatic nitrogens is 1. The van der Waals surface area contributed by atoms with Crippen molar-refractivity contribution in [2.24, 2.45) is 5.92 Å². The monoisotopic (exact) mass is 314 g/mol. The molecule has 22 heavy (non-hydrogen) atoms. The van der Waals surface area contributed by atoms with Gasteiger partial charge in [0.2, 0.25) is 5.91 Å². The molecule has 1 heterocycles. The zero-order valence-electron chi connectivity index (χ0n) is 13.1. The zero-order chi connectivity index (χ0) is 15.5. The van der Waals surface area contributed by atoms with Crippen molar-refractivity contribution in [1.29, 1.82) is 0 Å². The van der Waals surface area contributed by atoms with Crippen LogP contribution >= 0.6 is 11.3 Å². The summed E-state index contributed by atoms with van der Waals surface area (Å²) in [4.78, 5) is 18.1. The molecule has 1 fully saturated rings.